The lowest BCUT2D eigenvalue weighted by molar-refractivity contribution is 0.293. The molecule has 2 aromatic rings. The van der Waals surface area contributed by atoms with Crippen molar-refractivity contribution in [1.82, 2.24) is 15.0 Å². The van der Waals surface area contributed by atoms with Gasteiger partial charge in [0.25, 0.3) is 5.88 Å². The Balaban J connectivity index is 2.16. The number of nitrogens with two attached hydrogens (primary N) is 2. The lowest BCUT2D eigenvalue weighted by Crippen LogP contribution is -2.05. The van der Waals surface area contributed by atoms with Gasteiger partial charge in [-0.25, -0.2) is 15.0 Å². The van der Waals surface area contributed by atoms with E-state index in [1.807, 2.05) is 6.92 Å². The fourth-order valence-corrected chi connectivity index (χ4v) is 1.62. The van der Waals surface area contributed by atoms with Crippen LogP contribution < -0.4 is 16.2 Å². The van der Waals surface area contributed by atoms with Crippen molar-refractivity contribution < 1.29 is 4.74 Å². The van der Waals surface area contributed by atoms with Crippen LogP contribution in [0.15, 0.2) is 23.1 Å². The van der Waals surface area contributed by atoms with Crippen LogP contribution in [0.5, 0.6) is 5.88 Å². The van der Waals surface area contributed by atoms with E-state index in [1.165, 1.54) is 6.20 Å². The van der Waals surface area contributed by atoms with E-state index in [4.69, 9.17) is 16.2 Å². The number of hydrogen-bond acceptors (Lipinski definition) is 6. The number of nitrogen functional groups attached to an aromatic ring is 2. The van der Waals surface area contributed by atoms with Gasteiger partial charge in [-0.1, -0.05) is 0 Å². The summed E-state index contributed by atoms with van der Waals surface area (Å²) in [7, 11) is 0. The highest BCUT2D eigenvalue weighted by Crippen LogP contribution is 2.20. The maximum atomic E-state index is 5.67. The van der Waals surface area contributed by atoms with Crippen LogP contribution in [0.25, 0.3) is 0 Å². The van der Waals surface area contributed by atoms with Gasteiger partial charge in [-0.2, -0.15) is 0 Å². The molecule has 0 aliphatic heterocycles. The predicted octanol–water partition coefficient (Wildman–Crippen LogP) is 1.69. The molecule has 0 atom stereocenters. The van der Waals surface area contributed by atoms with Gasteiger partial charge in [-0.05, 0) is 40.0 Å². The number of pyridine rings is 1. The Morgan fingerprint density at radius 3 is 2.83 bits per heavy atom. The molecule has 0 bridgehead atoms. The molecule has 0 fully saturated rings. The lowest BCUT2D eigenvalue weighted by Gasteiger charge is -2.09. The van der Waals surface area contributed by atoms with E-state index in [-0.39, 0.29) is 5.82 Å². The zero-order valence-electron chi connectivity index (χ0n) is 9.72. The average molecular weight is 310 g/mol. The molecular weight excluding hydrogens is 298 g/mol. The molecule has 94 valence electrons. The first-order valence-electron chi connectivity index (χ1n) is 5.18. The molecule has 0 unspecified atom stereocenters. The maximum Gasteiger partial charge on any atom is 0.258 e. The largest absolute Gasteiger partial charge is 0.470 e. The molecular formula is C11H12BrN5O. The van der Waals surface area contributed by atoms with E-state index in [0.717, 1.165) is 11.1 Å². The minimum atomic E-state index is 0.248. The van der Waals surface area contributed by atoms with Crippen LogP contribution >= 0.6 is 15.9 Å². The monoisotopic (exact) mass is 309 g/mol. The number of anilines is 2. The smallest absolute Gasteiger partial charge is 0.258 e. The summed E-state index contributed by atoms with van der Waals surface area (Å²) < 4.78 is 6.09. The highest BCUT2D eigenvalue weighted by atomic mass is 79.9. The summed E-state index contributed by atoms with van der Waals surface area (Å²) in [6, 6.07) is 1.76. The maximum absolute atomic E-state index is 5.67. The number of nitrogens with zero attached hydrogens (tertiary/aromatic N) is 3. The van der Waals surface area contributed by atoms with Gasteiger partial charge in [0, 0.05) is 6.20 Å². The summed E-state index contributed by atoms with van der Waals surface area (Å²) in [5.41, 5.74) is 13.2. The number of aryl methyl sites for hydroxylation is 1. The topological polar surface area (TPSA) is 99.9 Å². The van der Waals surface area contributed by atoms with Crippen LogP contribution in [0, 0.1) is 6.92 Å². The van der Waals surface area contributed by atoms with Crippen molar-refractivity contribution in [2.45, 2.75) is 13.5 Å². The molecule has 2 heterocycles. The summed E-state index contributed by atoms with van der Waals surface area (Å²) in [5, 5.41) is 0. The average Bonchev–Trinajstić information content (AvgIpc) is 2.34. The van der Waals surface area contributed by atoms with E-state index in [1.54, 1.807) is 12.3 Å². The van der Waals surface area contributed by atoms with E-state index in [0.29, 0.717) is 22.9 Å². The summed E-state index contributed by atoms with van der Waals surface area (Å²) in [6.07, 6.45) is 3.21. The molecule has 0 aliphatic rings. The second kappa shape index (κ2) is 5.18. The molecule has 0 radical (unpaired) electrons. The van der Waals surface area contributed by atoms with Crippen molar-refractivity contribution in [3.05, 3.63) is 34.2 Å². The van der Waals surface area contributed by atoms with Gasteiger partial charge in [-0.15, -0.1) is 0 Å². The quantitative estimate of drug-likeness (QED) is 0.895. The van der Waals surface area contributed by atoms with E-state index >= 15 is 0 Å². The number of ether oxygens (including phenoxy) is 1. The van der Waals surface area contributed by atoms with Gasteiger partial charge in [-0.3, -0.25) is 0 Å². The van der Waals surface area contributed by atoms with E-state index in [2.05, 4.69) is 30.9 Å². The Morgan fingerprint density at radius 1 is 1.28 bits per heavy atom. The molecule has 2 rings (SSSR count). The van der Waals surface area contributed by atoms with Crippen LogP contribution in [0.1, 0.15) is 11.1 Å². The van der Waals surface area contributed by atoms with E-state index < -0.39 is 0 Å². The van der Waals surface area contributed by atoms with Crippen LogP contribution in [-0.4, -0.2) is 15.0 Å². The highest BCUT2D eigenvalue weighted by Gasteiger charge is 2.07. The number of rotatable bonds is 3. The molecule has 2 aromatic heterocycles. The van der Waals surface area contributed by atoms with Gasteiger partial charge >= 0.3 is 0 Å². The van der Waals surface area contributed by atoms with Gasteiger partial charge < -0.3 is 16.2 Å². The standard InChI is InChI=1S/C11H12BrN5O/c1-6-3-15-9(13)2-7(6)5-18-11-10(14)16-4-8(12)17-11/h2-4H,5H2,1H3,(H2,13,15)(H2,14,16). The Morgan fingerprint density at radius 2 is 2.06 bits per heavy atom. The van der Waals surface area contributed by atoms with Crippen molar-refractivity contribution in [2.75, 3.05) is 11.5 Å². The molecule has 0 amide bonds. The Bertz CT molecular complexity index is 524. The molecule has 0 aliphatic carbocycles. The number of halogens is 1. The van der Waals surface area contributed by atoms with Crippen LogP contribution in [-0.2, 0) is 6.61 Å². The van der Waals surface area contributed by atoms with Crippen molar-refractivity contribution in [2.24, 2.45) is 0 Å². The van der Waals surface area contributed by atoms with Gasteiger partial charge in [0.1, 0.15) is 17.0 Å². The second-order valence-corrected chi connectivity index (χ2v) is 4.52. The van der Waals surface area contributed by atoms with Crippen LogP contribution in [0.2, 0.25) is 0 Å². The number of aromatic nitrogens is 3. The Labute approximate surface area is 113 Å². The van der Waals surface area contributed by atoms with Crippen molar-refractivity contribution in [3.8, 4) is 5.88 Å². The fourth-order valence-electron chi connectivity index (χ4n) is 1.35. The third-order valence-electron chi connectivity index (χ3n) is 2.34. The first kappa shape index (κ1) is 12.6. The van der Waals surface area contributed by atoms with Crippen molar-refractivity contribution in [3.63, 3.8) is 0 Å². The lowest BCUT2D eigenvalue weighted by atomic mass is 10.2. The second-order valence-electron chi connectivity index (χ2n) is 3.71. The fraction of sp³-hybridized carbons (Fsp3) is 0.182. The number of hydrogen-bond donors (Lipinski definition) is 2. The first-order valence-corrected chi connectivity index (χ1v) is 5.97. The van der Waals surface area contributed by atoms with Crippen molar-refractivity contribution in [1.29, 1.82) is 0 Å². The SMILES string of the molecule is Cc1cnc(N)cc1COc1nc(Br)cnc1N. The minimum Gasteiger partial charge on any atom is -0.470 e. The molecule has 6 nitrogen and oxygen atoms in total. The molecule has 7 heteroatoms. The molecule has 4 N–H and O–H groups in total. The molecule has 18 heavy (non-hydrogen) atoms. The molecule has 0 saturated carbocycles. The summed E-state index contributed by atoms with van der Waals surface area (Å²) >= 11 is 3.21. The summed E-state index contributed by atoms with van der Waals surface area (Å²) in [5.74, 6) is 0.990. The zero-order valence-corrected chi connectivity index (χ0v) is 11.3. The predicted molar refractivity (Wildman–Crippen MR) is 71.9 cm³/mol. The van der Waals surface area contributed by atoms with Crippen LogP contribution in [0.3, 0.4) is 0 Å². The molecule has 0 saturated heterocycles. The van der Waals surface area contributed by atoms with Crippen molar-refractivity contribution >= 4 is 27.6 Å². The molecule has 0 aromatic carbocycles. The van der Waals surface area contributed by atoms with Gasteiger partial charge in [0.15, 0.2) is 5.82 Å². The zero-order chi connectivity index (χ0) is 13.1. The van der Waals surface area contributed by atoms with Crippen LogP contribution in [0.4, 0.5) is 11.6 Å². The first-order chi connectivity index (χ1) is 8.56. The third-order valence-corrected chi connectivity index (χ3v) is 2.72. The summed E-state index contributed by atoms with van der Waals surface area (Å²) in [6.45, 7) is 2.25. The Hall–Kier alpha value is -1.89. The normalized spacial score (nSPS) is 10.3. The minimum absolute atomic E-state index is 0.248. The molecule has 0 spiro atoms. The van der Waals surface area contributed by atoms with E-state index in [9.17, 15) is 0 Å². The third kappa shape index (κ3) is 2.86. The highest BCUT2D eigenvalue weighted by molar-refractivity contribution is 9.10. The summed E-state index contributed by atoms with van der Waals surface area (Å²) in [4.78, 5) is 12.0. The Kier molecular flexibility index (Phi) is 3.61. The van der Waals surface area contributed by atoms with Gasteiger partial charge in [0.2, 0.25) is 0 Å². The van der Waals surface area contributed by atoms with Gasteiger partial charge in [0.05, 0.1) is 6.20 Å².